The van der Waals surface area contributed by atoms with Gasteiger partial charge >= 0.3 is 0 Å². The number of rotatable bonds is 6. The van der Waals surface area contributed by atoms with E-state index in [1.165, 1.54) is 17.3 Å². The van der Waals surface area contributed by atoms with Crippen LogP contribution in [0, 0.1) is 11.3 Å². The van der Waals surface area contributed by atoms with Crippen molar-refractivity contribution in [2.24, 2.45) is 0 Å². The van der Waals surface area contributed by atoms with Gasteiger partial charge in [0.1, 0.15) is 0 Å². The predicted molar refractivity (Wildman–Crippen MR) is 100 cm³/mol. The van der Waals surface area contributed by atoms with Crippen molar-refractivity contribution in [3.63, 3.8) is 0 Å². The number of nitrogen functional groups attached to an aromatic ring is 1. The number of fused-ring (bicyclic) bond motifs is 1. The Hall–Kier alpha value is -2.68. The van der Waals surface area contributed by atoms with Crippen LogP contribution in [0.1, 0.15) is 5.56 Å². The molecule has 1 unspecified atom stereocenters. The van der Waals surface area contributed by atoms with Crippen molar-refractivity contribution in [3.05, 3.63) is 72.4 Å². The van der Waals surface area contributed by atoms with Crippen LogP contribution in [0.25, 0.3) is 10.9 Å². The Bertz CT molecular complexity index is 890. The fourth-order valence-corrected chi connectivity index (χ4v) is 3.29. The van der Waals surface area contributed by atoms with Gasteiger partial charge in [-0.2, -0.15) is 5.26 Å². The summed E-state index contributed by atoms with van der Waals surface area (Å²) in [7, 11) is 0. The minimum atomic E-state index is -0.142. The Morgan fingerprint density at radius 1 is 1.25 bits per heavy atom. The average molecular weight is 334 g/mol. The molecule has 1 atom stereocenters. The summed E-state index contributed by atoms with van der Waals surface area (Å²) < 4.78 is 3.35. The summed E-state index contributed by atoms with van der Waals surface area (Å²) in [5.41, 5.74) is 9.22. The molecule has 0 saturated heterocycles. The summed E-state index contributed by atoms with van der Waals surface area (Å²) >= 11 is 1.48. The van der Waals surface area contributed by atoms with Gasteiger partial charge in [-0.05, 0) is 54.3 Å². The molecule has 0 bridgehead atoms. The van der Waals surface area contributed by atoms with Crippen LogP contribution in [0.4, 0.5) is 5.69 Å². The summed E-state index contributed by atoms with van der Waals surface area (Å²) in [5, 5.41) is 10.4. The first-order valence-electron chi connectivity index (χ1n) is 7.59. The molecule has 0 spiro atoms. The Balaban J connectivity index is 1.75. The second-order valence-electron chi connectivity index (χ2n) is 5.54. The first-order valence-corrected chi connectivity index (χ1v) is 8.41. The number of anilines is 1. The maximum absolute atomic E-state index is 9.26. The number of nitriles is 1. The summed E-state index contributed by atoms with van der Waals surface area (Å²) in [5.74, 6) is 0. The fourth-order valence-electron chi connectivity index (χ4n) is 2.51. The number of benzene rings is 2. The van der Waals surface area contributed by atoms with Gasteiger partial charge in [-0.1, -0.05) is 24.8 Å². The molecule has 0 fully saturated rings. The number of nitrogens with one attached hydrogen (secondary N) is 2. The molecule has 24 heavy (non-hydrogen) atoms. The maximum Gasteiger partial charge on any atom is 0.0958 e. The van der Waals surface area contributed by atoms with Crippen LogP contribution >= 0.6 is 11.9 Å². The van der Waals surface area contributed by atoms with Crippen LogP contribution < -0.4 is 10.5 Å². The summed E-state index contributed by atoms with van der Waals surface area (Å²) in [6, 6.07) is 17.8. The molecular formula is C19H18N4S. The van der Waals surface area contributed by atoms with Gasteiger partial charge in [0.2, 0.25) is 0 Å². The van der Waals surface area contributed by atoms with E-state index in [0.717, 1.165) is 21.7 Å². The monoisotopic (exact) mass is 334 g/mol. The zero-order valence-corrected chi connectivity index (χ0v) is 13.9. The summed E-state index contributed by atoms with van der Waals surface area (Å²) in [4.78, 5) is 4.31. The molecule has 5 heteroatoms. The Morgan fingerprint density at radius 3 is 2.75 bits per heavy atom. The molecule has 4 nitrogen and oxygen atoms in total. The van der Waals surface area contributed by atoms with Crippen molar-refractivity contribution in [2.45, 2.75) is 17.4 Å². The lowest BCUT2D eigenvalue weighted by molar-refractivity contribution is 0.737. The number of aromatic nitrogens is 1. The molecule has 4 N–H and O–H groups in total. The number of nitrogens with zero attached hydrogens (tertiary/aromatic N) is 1. The van der Waals surface area contributed by atoms with Gasteiger partial charge in [-0.25, -0.2) is 0 Å². The molecule has 3 aromatic rings. The van der Waals surface area contributed by atoms with Gasteiger partial charge in [0.25, 0.3) is 0 Å². The third-order valence-electron chi connectivity index (χ3n) is 3.86. The molecule has 120 valence electrons. The molecule has 0 aliphatic heterocycles. The third kappa shape index (κ3) is 3.62. The van der Waals surface area contributed by atoms with Crippen LogP contribution in [-0.4, -0.2) is 11.0 Å². The van der Waals surface area contributed by atoms with E-state index in [-0.39, 0.29) is 6.04 Å². The van der Waals surface area contributed by atoms with E-state index in [4.69, 9.17) is 5.73 Å². The predicted octanol–water partition coefficient (Wildman–Crippen LogP) is 4.04. The number of hydrogen-bond donors (Lipinski definition) is 3. The number of H-pyrrole nitrogens is 1. The molecule has 0 amide bonds. The Kier molecular flexibility index (Phi) is 4.90. The molecule has 0 aliphatic rings. The number of para-hydroxylation sites is 1. The smallest absolute Gasteiger partial charge is 0.0958 e. The zero-order valence-electron chi connectivity index (χ0n) is 13.1. The normalized spacial score (nSPS) is 12.0. The quantitative estimate of drug-likeness (QED) is 0.361. The summed E-state index contributed by atoms with van der Waals surface area (Å²) in [6.45, 7) is 3.89. The lowest BCUT2D eigenvalue weighted by atomic mass is 10.0. The van der Waals surface area contributed by atoms with Gasteiger partial charge < -0.3 is 10.7 Å². The summed E-state index contributed by atoms with van der Waals surface area (Å²) in [6.07, 6.45) is 2.69. The van der Waals surface area contributed by atoms with E-state index in [9.17, 15) is 5.26 Å². The standard InChI is InChI=1S/C19H18N4S/c1-13(11-20)19(23-24-16-8-6-15(21)7-9-16)10-14-12-22-18-5-3-2-4-17(14)18/h2-9,12,19,22-23H,1,10,21H2. The highest BCUT2D eigenvalue weighted by Crippen LogP contribution is 2.23. The van der Waals surface area contributed by atoms with E-state index in [1.54, 1.807) is 0 Å². The van der Waals surface area contributed by atoms with Gasteiger partial charge in [0.05, 0.1) is 12.1 Å². The van der Waals surface area contributed by atoms with Crippen molar-refractivity contribution in [2.75, 3.05) is 5.73 Å². The van der Waals surface area contributed by atoms with Gasteiger partial charge in [-0.3, -0.25) is 4.72 Å². The van der Waals surface area contributed by atoms with Crippen molar-refractivity contribution in [3.8, 4) is 6.07 Å². The van der Waals surface area contributed by atoms with E-state index >= 15 is 0 Å². The molecule has 0 aliphatic carbocycles. The van der Waals surface area contributed by atoms with E-state index in [2.05, 4.69) is 28.4 Å². The molecule has 2 aromatic carbocycles. The highest BCUT2D eigenvalue weighted by molar-refractivity contribution is 7.97. The van der Waals surface area contributed by atoms with Crippen LogP contribution in [0.2, 0.25) is 0 Å². The molecule has 1 aromatic heterocycles. The minimum Gasteiger partial charge on any atom is -0.399 e. The van der Waals surface area contributed by atoms with Gasteiger partial charge in [0.15, 0.2) is 0 Å². The molecule has 0 saturated carbocycles. The number of nitrogens with two attached hydrogens (primary N) is 1. The number of aromatic amines is 1. The van der Waals surface area contributed by atoms with Crippen LogP contribution in [0.5, 0.6) is 0 Å². The molecule has 1 heterocycles. The first kappa shape index (κ1) is 16.2. The van der Waals surface area contributed by atoms with E-state index in [0.29, 0.717) is 12.0 Å². The second kappa shape index (κ2) is 7.26. The molecular weight excluding hydrogens is 316 g/mol. The highest BCUT2D eigenvalue weighted by Gasteiger charge is 2.16. The Morgan fingerprint density at radius 2 is 2.00 bits per heavy atom. The highest BCUT2D eigenvalue weighted by atomic mass is 32.2. The van der Waals surface area contributed by atoms with Gasteiger partial charge in [0, 0.05) is 33.3 Å². The maximum atomic E-state index is 9.26. The lowest BCUT2D eigenvalue weighted by Gasteiger charge is -2.16. The molecule has 3 rings (SSSR count). The number of hydrogen-bond acceptors (Lipinski definition) is 4. The van der Waals surface area contributed by atoms with Crippen LogP contribution in [0.15, 0.2) is 71.8 Å². The second-order valence-corrected chi connectivity index (χ2v) is 6.45. The van der Waals surface area contributed by atoms with Crippen molar-refractivity contribution < 1.29 is 0 Å². The SMILES string of the molecule is C=C(C#N)C(Cc1c[nH]c2ccccc12)NSc1ccc(N)cc1. The lowest BCUT2D eigenvalue weighted by Crippen LogP contribution is -2.27. The largest absolute Gasteiger partial charge is 0.399 e. The van der Waals surface area contributed by atoms with Crippen LogP contribution in [0.3, 0.4) is 0 Å². The Labute approximate surface area is 145 Å². The van der Waals surface area contributed by atoms with Gasteiger partial charge in [-0.15, -0.1) is 0 Å². The average Bonchev–Trinajstić information content (AvgIpc) is 3.02. The van der Waals surface area contributed by atoms with Crippen molar-refractivity contribution in [1.82, 2.24) is 9.71 Å². The first-order chi connectivity index (χ1) is 11.7. The van der Waals surface area contributed by atoms with E-state index in [1.807, 2.05) is 48.7 Å². The van der Waals surface area contributed by atoms with E-state index < -0.39 is 0 Å². The zero-order chi connectivity index (χ0) is 16.9. The fraction of sp³-hybridized carbons (Fsp3) is 0.105. The van der Waals surface area contributed by atoms with Crippen molar-refractivity contribution in [1.29, 1.82) is 5.26 Å². The van der Waals surface area contributed by atoms with Crippen LogP contribution in [-0.2, 0) is 6.42 Å². The molecule has 0 radical (unpaired) electrons. The minimum absolute atomic E-state index is 0.142. The third-order valence-corrected chi connectivity index (χ3v) is 4.77. The topological polar surface area (TPSA) is 77.6 Å². The van der Waals surface area contributed by atoms with Crippen molar-refractivity contribution >= 4 is 28.5 Å².